The van der Waals surface area contributed by atoms with Crippen molar-refractivity contribution in [3.05, 3.63) is 35.4 Å². The fourth-order valence-corrected chi connectivity index (χ4v) is 3.28. The first kappa shape index (κ1) is 18.8. The van der Waals surface area contributed by atoms with Gasteiger partial charge in [-0.1, -0.05) is 25.1 Å². The van der Waals surface area contributed by atoms with E-state index < -0.39 is 11.7 Å². The Balaban J connectivity index is 1.98. The van der Waals surface area contributed by atoms with E-state index in [2.05, 4.69) is 5.32 Å². The van der Waals surface area contributed by atoms with Crippen LogP contribution < -0.4 is 5.32 Å². The number of likely N-dealkylation sites (tertiary alicyclic amines) is 1. The summed E-state index contributed by atoms with van der Waals surface area (Å²) in [5.74, 6) is 0.252. The number of piperidine rings is 1. The third-order valence-corrected chi connectivity index (χ3v) is 4.63. The topological polar surface area (TPSA) is 32.3 Å². The van der Waals surface area contributed by atoms with Gasteiger partial charge in [0.05, 0.1) is 5.56 Å². The second-order valence-corrected chi connectivity index (χ2v) is 6.63. The zero-order valence-electron chi connectivity index (χ0n) is 14.2. The molecule has 6 heteroatoms. The first-order valence-electron chi connectivity index (χ1n) is 8.40. The van der Waals surface area contributed by atoms with Gasteiger partial charge in [-0.15, -0.1) is 0 Å². The minimum absolute atomic E-state index is 0.0284. The number of nitrogens with zero attached hydrogens (tertiary/aromatic N) is 1. The van der Waals surface area contributed by atoms with Gasteiger partial charge >= 0.3 is 6.18 Å². The monoisotopic (exact) mass is 342 g/mol. The van der Waals surface area contributed by atoms with E-state index in [-0.39, 0.29) is 18.2 Å². The van der Waals surface area contributed by atoms with Crippen molar-refractivity contribution in [2.45, 2.75) is 38.3 Å². The van der Waals surface area contributed by atoms with Gasteiger partial charge in [-0.3, -0.25) is 4.79 Å². The molecule has 0 radical (unpaired) electrons. The van der Waals surface area contributed by atoms with Gasteiger partial charge in [0.15, 0.2) is 0 Å². The van der Waals surface area contributed by atoms with Crippen molar-refractivity contribution >= 4 is 5.91 Å². The predicted octanol–water partition coefficient (Wildman–Crippen LogP) is 3.66. The molecule has 1 aromatic rings. The molecule has 1 aliphatic rings. The fraction of sp³-hybridized carbons (Fsp3) is 0.611. The Morgan fingerprint density at radius 3 is 2.83 bits per heavy atom. The van der Waals surface area contributed by atoms with Crippen molar-refractivity contribution in [2.24, 2.45) is 5.92 Å². The van der Waals surface area contributed by atoms with Crippen molar-refractivity contribution < 1.29 is 18.0 Å². The van der Waals surface area contributed by atoms with Crippen LogP contribution in [0.25, 0.3) is 0 Å². The van der Waals surface area contributed by atoms with Gasteiger partial charge in [-0.05, 0) is 49.9 Å². The number of rotatable bonds is 5. The Morgan fingerprint density at radius 1 is 1.42 bits per heavy atom. The van der Waals surface area contributed by atoms with Crippen LogP contribution in [0.2, 0.25) is 0 Å². The maximum absolute atomic E-state index is 12.8. The van der Waals surface area contributed by atoms with Crippen LogP contribution in [0.4, 0.5) is 13.2 Å². The summed E-state index contributed by atoms with van der Waals surface area (Å²) in [6.07, 6.45) is -2.02. The van der Waals surface area contributed by atoms with Crippen molar-refractivity contribution in [2.75, 3.05) is 26.7 Å². The number of carbonyl (C=O) groups is 1. The lowest BCUT2D eigenvalue weighted by Gasteiger charge is -2.33. The van der Waals surface area contributed by atoms with Gasteiger partial charge in [0.2, 0.25) is 5.91 Å². The second kappa shape index (κ2) is 8.01. The number of hydrogen-bond acceptors (Lipinski definition) is 2. The summed E-state index contributed by atoms with van der Waals surface area (Å²) in [5.41, 5.74) is -0.103. The number of carbonyl (C=O) groups excluding carboxylic acids is 1. The highest BCUT2D eigenvalue weighted by Gasteiger charge is 2.31. The standard InChI is InChI=1S/C18H25F3N2O/c1-13(15-6-3-7-16(10-15)18(19,20)21)9-17(24)23-8-4-5-14(12-23)11-22-2/h3,6-7,10,13-14,22H,4-5,8-9,11-12H2,1-2H3. The van der Waals surface area contributed by atoms with Crippen LogP contribution in [0.1, 0.15) is 43.2 Å². The summed E-state index contributed by atoms with van der Waals surface area (Å²) in [4.78, 5) is 14.4. The Bertz CT molecular complexity index is 557. The van der Waals surface area contributed by atoms with E-state index in [9.17, 15) is 18.0 Å². The predicted molar refractivity (Wildman–Crippen MR) is 87.7 cm³/mol. The molecular weight excluding hydrogens is 317 g/mol. The lowest BCUT2D eigenvalue weighted by atomic mass is 9.93. The van der Waals surface area contributed by atoms with E-state index in [0.29, 0.717) is 11.5 Å². The highest BCUT2D eigenvalue weighted by atomic mass is 19.4. The minimum Gasteiger partial charge on any atom is -0.342 e. The Kier molecular flexibility index (Phi) is 6.27. The average molecular weight is 342 g/mol. The zero-order chi connectivity index (χ0) is 17.7. The smallest absolute Gasteiger partial charge is 0.342 e. The highest BCUT2D eigenvalue weighted by Crippen LogP contribution is 2.32. The van der Waals surface area contributed by atoms with Gasteiger partial charge < -0.3 is 10.2 Å². The maximum atomic E-state index is 12.8. The van der Waals surface area contributed by atoms with Gasteiger partial charge in [-0.25, -0.2) is 0 Å². The lowest BCUT2D eigenvalue weighted by molar-refractivity contribution is -0.137. The quantitative estimate of drug-likeness (QED) is 0.886. The molecule has 1 aliphatic heterocycles. The normalized spacial score (nSPS) is 20.0. The van der Waals surface area contributed by atoms with E-state index in [1.807, 2.05) is 18.9 Å². The van der Waals surface area contributed by atoms with E-state index in [1.165, 1.54) is 6.07 Å². The van der Waals surface area contributed by atoms with Crippen LogP contribution in [-0.4, -0.2) is 37.5 Å². The maximum Gasteiger partial charge on any atom is 0.416 e. The molecule has 134 valence electrons. The van der Waals surface area contributed by atoms with Crippen LogP contribution in [0.15, 0.2) is 24.3 Å². The van der Waals surface area contributed by atoms with Crippen molar-refractivity contribution in [3.8, 4) is 0 Å². The van der Waals surface area contributed by atoms with Crippen LogP contribution >= 0.6 is 0 Å². The number of benzene rings is 1. The van der Waals surface area contributed by atoms with Gasteiger partial charge in [-0.2, -0.15) is 13.2 Å². The third-order valence-electron chi connectivity index (χ3n) is 4.63. The summed E-state index contributed by atoms with van der Waals surface area (Å²) < 4.78 is 38.5. The molecule has 0 spiro atoms. The van der Waals surface area contributed by atoms with E-state index in [1.54, 1.807) is 6.07 Å². The molecule has 1 heterocycles. The average Bonchev–Trinajstić information content (AvgIpc) is 2.54. The molecule has 0 aromatic heterocycles. The molecule has 2 unspecified atom stereocenters. The molecule has 0 aliphatic carbocycles. The summed E-state index contributed by atoms with van der Waals surface area (Å²) in [5, 5.41) is 3.14. The largest absolute Gasteiger partial charge is 0.416 e. The Morgan fingerprint density at radius 2 is 2.17 bits per heavy atom. The molecule has 3 nitrogen and oxygen atoms in total. The number of halogens is 3. The van der Waals surface area contributed by atoms with Crippen LogP contribution in [0.3, 0.4) is 0 Å². The minimum atomic E-state index is -4.35. The van der Waals surface area contributed by atoms with E-state index in [4.69, 9.17) is 0 Å². The van der Waals surface area contributed by atoms with Crippen molar-refractivity contribution in [1.29, 1.82) is 0 Å². The zero-order valence-corrected chi connectivity index (χ0v) is 14.2. The molecule has 1 saturated heterocycles. The van der Waals surface area contributed by atoms with E-state index in [0.717, 1.165) is 44.6 Å². The summed E-state index contributed by atoms with van der Waals surface area (Å²) in [6.45, 7) is 4.17. The number of hydrogen-bond donors (Lipinski definition) is 1. The van der Waals surface area contributed by atoms with Crippen molar-refractivity contribution in [3.63, 3.8) is 0 Å². The van der Waals surface area contributed by atoms with Crippen molar-refractivity contribution in [1.82, 2.24) is 10.2 Å². The van der Waals surface area contributed by atoms with Gasteiger partial charge in [0.1, 0.15) is 0 Å². The van der Waals surface area contributed by atoms with Gasteiger partial charge in [0.25, 0.3) is 0 Å². The Hall–Kier alpha value is -1.56. The molecule has 1 amide bonds. The third kappa shape index (κ3) is 4.97. The summed E-state index contributed by atoms with van der Waals surface area (Å²) in [6, 6.07) is 5.28. The lowest BCUT2D eigenvalue weighted by Crippen LogP contribution is -2.42. The SMILES string of the molecule is CNCC1CCCN(C(=O)CC(C)c2cccc(C(F)(F)F)c2)C1. The molecule has 1 fully saturated rings. The molecular formula is C18H25F3N2O. The number of nitrogens with one attached hydrogen (secondary N) is 1. The number of amides is 1. The Labute approximate surface area is 141 Å². The molecule has 0 saturated carbocycles. The second-order valence-electron chi connectivity index (χ2n) is 6.63. The van der Waals surface area contributed by atoms with Gasteiger partial charge in [0, 0.05) is 19.5 Å². The number of alkyl halides is 3. The van der Waals surface area contributed by atoms with Crippen LogP contribution in [-0.2, 0) is 11.0 Å². The highest BCUT2D eigenvalue weighted by molar-refractivity contribution is 5.77. The summed E-state index contributed by atoms with van der Waals surface area (Å²) >= 11 is 0. The molecule has 24 heavy (non-hydrogen) atoms. The van der Waals surface area contributed by atoms with Crippen LogP contribution in [0.5, 0.6) is 0 Å². The first-order valence-corrected chi connectivity index (χ1v) is 8.40. The molecule has 0 bridgehead atoms. The molecule has 2 rings (SSSR count). The van der Waals surface area contributed by atoms with E-state index >= 15 is 0 Å². The summed E-state index contributed by atoms with van der Waals surface area (Å²) in [7, 11) is 1.90. The molecule has 1 N–H and O–H groups in total. The van der Waals surface area contributed by atoms with Crippen LogP contribution in [0, 0.1) is 5.92 Å². The fourth-order valence-electron chi connectivity index (χ4n) is 3.28. The molecule has 1 aromatic carbocycles. The first-order chi connectivity index (χ1) is 11.3. The molecule has 2 atom stereocenters.